The molecule has 5 heteroatoms. The molecule has 1 heterocycles. The Bertz CT molecular complexity index is 727. The molecule has 0 radical (unpaired) electrons. The monoisotopic (exact) mass is 404 g/mol. The third-order valence-corrected chi connectivity index (χ3v) is 5.34. The molecule has 0 bridgehead atoms. The fraction of sp³-hybridized carbons (Fsp3) is 0.350. The minimum atomic E-state index is -0.212. The molecular weight excluding hydrogens is 383 g/mol. The summed E-state index contributed by atoms with van der Waals surface area (Å²) in [5.74, 6) is -0.0603. The van der Waals surface area contributed by atoms with E-state index in [0.29, 0.717) is 6.42 Å². The molecule has 2 aromatic carbocycles. The Balaban J connectivity index is 1.54. The lowest BCUT2D eigenvalue weighted by Crippen LogP contribution is -2.46. The largest absolute Gasteiger partial charge is 0.371 e. The first-order valence-electron chi connectivity index (χ1n) is 8.53. The topological polar surface area (TPSA) is 23.6 Å². The number of benzene rings is 2. The number of hydrogen-bond acceptors (Lipinski definition) is 2. The lowest BCUT2D eigenvalue weighted by Gasteiger charge is -2.38. The quantitative estimate of drug-likeness (QED) is 0.759. The molecule has 0 atom stereocenters. The summed E-state index contributed by atoms with van der Waals surface area (Å²) in [5.41, 5.74) is 2.07. The average Bonchev–Trinajstić information content (AvgIpc) is 2.62. The van der Waals surface area contributed by atoms with Gasteiger partial charge in [0.2, 0.25) is 5.91 Å². The second-order valence-corrected chi connectivity index (χ2v) is 7.42. The van der Waals surface area contributed by atoms with Gasteiger partial charge in [0.25, 0.3) is 0 Å². The highest BCUT2D eigenvalue weighted by Crippen LogP contribution is 2.23. The van der Waals surface area contributed by atoms with Gasteiger partial charge in [0.1, 0.15) is 5.82 Å². The summed E-state index contributed by atoms with van der Waals surface area (Å²) in [6.45, 7) is 1.76. The maximum Gasteiger partial charge on any atom is 0.226 e. The summed E-state index contributed by atoms with van der Waals surface area (Å²) in [4.78, 5) is 16.7. The predicted octanol–water partition coefficient (Wildman–Crippen LogP) is 4.26. The molecule has 1 aliphatic heterocycles. The van der Waals surface area contributed by atoms with E-state index >= 15 is 0 Å². The van der Waals surface area contributed by atoms with Gasteiger partial charge in [-0.05, 0) is 54.8 Å². The first-order chi connectivity index (χ1) is 12.0. The van der Waals surface area contributed by atoms with Crippen LogP contribution in [0.4, 0.5) is 10.1 Å². The average molecular weight is 405 g/mol. The van der Waals surface area contributed by atoms with Gasteiger partial charge in [-0.25, -0.2) is 4.39 Å². The number of amides is 1. The Morgan fingerprint density at radius 1 is 1.20 bits per heavy atom. The van der Waals surface area contributed by atoms with Crippen molar-refractivity contribution in [3.8, 4) is 0 Å². The van der Waals surface area contributed by atoms with Crippen molar-refractivity contribution in [3.05, 3.63) is 64.4 Å². The molecule has 0 N–H and O–H groups in total. The van der Waals surface area contributed by atoms with Gasteiger partial charge in [0, 0.05) is 36.3 Å². The highest BCUT2D eigenvalue weighted by molar-refractivity contribution is 9.10. The number of rotatable bonds is 4. The molecule has 2 aromatic rings. The van der Waals surface area contributed by atoms with E-state index in [2.05, 4.69) is 20.8 Å². The number of nitrogens with zero attached hydrogens (tertiary/aromatic N) is 2. The van der Waals surface area contributed by atoms with Gasteiger partial charge in [-0.3, -0.25) is 4.79 Å². The lowest BCUT2D eigenvalue weighted by atomic mass is 10.0. The minimum Gasteiger partial charge on any atom is -0.371 e. The first-order valence-corrected chi connectivity index (χ1v) is 9.33. The van der Waals surface area contributed by atoms with Crippen molar-refractivity contribution >= 4 is 27.5 Å². The van der Waals surface area contributed by atoms with Gasteiger partial charge in [-0.15, -0.1) is 0 Å². The maximum absolute atomic E-state index is 13.0. The SMILES string of the molecule is CN(C(=O)Cc1cccc(Br)c1)C1CCN(c2ccc(F)cc2)CC1. The minimum absolute atomic E-state index is 0.151. The molecule has 0 unspecified atom stereocenters. The van der Waals surface area contributed by atoms with Crippen LogP contribution in [0.2, 0.25) is 0 Å². The van der Waals surface area contributed by atoms with Crippen molar-refractivity contribution in [2.45, 2.75) is 25.3 Å². The first kappa shape index (κ1) is 17.9. The Kier molecular flexibility index (Phi) is 5.74. The summed E-state index contributed by atoms with van der Waals surface area (Å²) in [6.07, 6.45) is 2.28. The van der Waals surface area contributed by atoms with Crippen LogP contribution in [0, 0.1) is 5.82 Å². The van der Waals surface area contributed by atoms with E-state index in [1.165, 1.54) is 12.1 Å². The van der Waals surface area contributed by atoms with Gasteiger partial charge in [-0.2, -0.15) is 0 Å². The van der Waals surface area contributed by atoms with E-state index in [0.717, 1.165) is 41.7 Å². The van der Waals surface area contributed by atoms with Crippen molar-refractivity contribution in [2.24, 2.45) is 0 Å². The van der Waals surface area contributed by atoms with Crippen LogP contribution < -0.4 is 4.90 Å². The normalized spacial score (nSPS) is 15.2. The second kappa shape index (κ2) is 8.00. The molecule has 1 saturated heterocycles. The highest BCUT2D eigenvalue weighted by atomic mass is 79.9. The number of piperidine rings is 1. The van der Waals surface area contributed by atoms with Crippen molar-refractivity contribution in [2.75, 3.05) is 25.0 Å². The van der Waals surface area contributed by atoms with E-state index in [1.807, 2.05) is 48.3 Å². The zero-order chi connectivity index (χ0) is 17.8. The zero-order valence-corrected chi connectivity index (χ0v) is 15.9. The zero-order valence-electron chi connectivity index (χ0n) is 14.3. The van der Waals surface area contributed by atoms with Crippen LogP contribution in [-0.2, 0) is 11.2 Å². The molecule has 0 spiro atoms. The Labute approximate surface area is 156 Å². The van der Waals surface area contributed by atoms with Crippen molar-refractivity contribution in [1.29, 1.82) is 0 Å². The number of carbonyl (C=O) groups is 1. The van der Waals surface area contributed by atoms with Crippen LogP contribution in [0.3, 0.4) is 0 Å². The van der Waals surface area contributed by atoms with E-state index in [9.17, 15) is 9.18 Å². The van der Waals surface area contributed by atoms with Crippen LogP contribution in [0.1, 0.15) is 18.4 Å². The fourth-order valence-corrected chi connectivity index (χ4v) is 3.76. The summed E-state index contributed by atoms with van der Waals surface area (Å²) in [7, 11) is 1.90. The Morgan fingerprint density at radius 3 is 2.52 bits per heavy atom. The highest BCUT2D eigenvalue weighted by Gasteiger charge is 2.25. The van der Waals surface area contributed by atoms with Crippen LogP contribution in [0.5, 0.6) is 0 Å². The van der Waals surface area contributed by atoms with Crippen LogP contribution in [-0.4, -0.2) is 37.0 Å². The van der Waals surface area contributed by atoms with E-state index in [1.54, 1.807) is 0 Å². The number of anilines is 1. The molecule has 1 amide bonds. The van der Waals surface area contributed by atoms with Crippen LogP contribution in [0.15, 0.2) is 53.0 Å². The van der Waals surface area contributed by atoms with Crippen molar-refractivity contribution in [1.82, 2.24) is 4.90 Å². The maximum atomic E-state index is 13.0. The van der Waals surface area contributed by atoms with Gasteiger partial charge < -0.3 is 9.80 Å². The number of hydrogen-bond donors (Lipinski definition) is 0. The van der Waals surface area contributed by atoms with Gasteiger partial charge in [-0.1, -0.05) is 28.1 Å². The third-order valence-electron chi connectivity index (χ3n) is 4.84. The summed E-state index contributed by atoms with van der Waals surface area (Å²) < 4.78 is 14.0. The summed E-state index contributed by atoms with van der Waals surface area (Å²) in [6, 6.07) is 14.8. The van der Waals surface area contributed by atoms with E-state index in [-0.39, 0.29) is 17.8 Å². The van der Waals surface area contributed by atoms with Gasteiger partial charge >= 0.3 is 0 Å². The number of likely N-dealkylation sites (N-methyl/N-ethyl adjacent to an activating group) is 1. The molecular formula is C20H22BrFN2O. The molecule has 3 rings (SSSR count). The van der Waals surface area contributed by atoms with Crippen LogP contribution >= 0.6 is 15.9 Å². The third kappa shape index (κ3) is 4.60. The smallest absolute Gasteiger partial charge is 0.226 e. The van der Waals surface area contributed by atoms with Crippen molar-refractivity contribution < 1.29 is 9.18 Å². The molecule has 25 heavy (non-hydrogen) atoms. The molecule has 1 aliphatic rings. The molecule has 0 saturated carbocycles. The van der Waals surface area contributed by atoms with E-state index < -0.39 is 0 Å². The van der Waals surface area contributed by atoms with Gasteiger partial charge in [0.15, 0.2) is 0 Å². The van der Waals surface area contributed by atoms with Crippen LogP contribution in [0.25, 0.3) is 0 Å². The lowest BCUT2D eigenvalue weighted by molar-refractivity contribution is -0.131. The second-order valence-electron chi connectivity index (χ2n) is 6.51. The molecule has 1 fully saturated rings. The predicted molar refractivity (Wildman–Crippen MR) is 102 cm³/mol. The van der Waals surface area contributed by atoms with E-state index in [4.69, 9.17) is 0 Å². The Morgan fingerprint density at radius 2 is 1.88 bits per heavy atom. The molecule has 132 valence electrons. The molecule has 0 aromatic heterocycles. The standard InChI is InChI=1S/C20H22BrFN2O/c1-23(20(25)14-15-3-2-4-16(21)13-15)18-9-11-24(12-10-18)19-7-5-17(22)6-8-19/h2-8,13,18H,9-12,14H2,1H3. The van der Waals surface area contributed by atoms with Crippen molar-refractivity contribution in [3.63, 3.8) is 0 Å². The number of carbonyl (C=O) groups excluding carboxylic acids is 1. The summed E-state index contributed by atoms with van der Waals surface area (Å²) in [5, 5.41) is 0. The fourth-order valence-electron chi connectivity index (χ4n) is 3.31. The Hall–Kier alpha value is -1.88. The molecule has 0 aliphatic carbocycles. The summed E-state index contributed by atoms with van der Waals surface area (Å²) >= 11 is 3.45. The van der Waals surface area contributed by atoms with Gasteiger partial charge in [0.05, 0.1) is 6.42 Å². The molecule has 3 nitrogen and oxygen atoms in total. The number of halogens is 2.